The van der Waals surface area contributed by atoms with E-state index in [0.717, 1.165) is 34.3 Å². The van der Waals surface area contributed by atoms with Gasteiger partial charge in [-0.1, -0.05) is 35.8 Å². The van der Waals surface area contributed by atoms with Crippen LogP contribution in [-0.4, -0.2) is 35.4 Å². The first-order valence-corrected chi connectivity index (χ1v) is 12.1. The summed E-state index contributed by atoms with van der Waals surface area (Å²) in [5, 5.41) is 0. The van der Waals surface area contributed by atoms with Crippen molar-refractivity contribution in [3.05, 3.63) is 33.8 Å². The number of hydrogen-bond donors (Lipinski definition) is 0. The molecular weight excluding hydrogens is 466 g/mol. The highest BCUT2D eigenvalue weighted by molar-refractivity contribution is 9.10. The van der Waals surface area contributed by atoms with E-state index in [-0.39, 0.29) is 17.9 Å². The van der Waals surface area contributed by atoms with Crippen LogP contribution in [-0.2, 0) is 21.5 Å². The molecule has 3 aliphatic rings. The molecule has 2 unspecified atom stereocenters. The Morgan fingerprint density at radius 2 is 1.94 bits per heavy atom. The minimum atomic E-state index is -2.76. The van der Waals surface area contributed by atoms with Gasteiger partial charge in [0.15, 0.2) is 5.54 Å². The molecule has 0 saturated heterocycles. The van der Waals surface area contributed by atoms with Crippen molar-refractivity contribution in [2.45, 2.75) is 90.5 Å². The molecule has 0 radical (unpaired) electrons. The zero-order chi connectivity index (χ0) is 22.6. The van der Waals surface area contributed by atoms with Crippen LogP contribution < -0.4 is 0 Å². The van der Waals surface area contributed by atoms with E-state index < -0.39 is 23.7 Å². The second kappa shape index (κ2) is 8.22. The van der Waals surface area contributed by atoms with Gasteiger partial charge in [0.25, 0.3) is 5.91 Å². The van der Waals surface area contributed by atoms with E-state index in [2.05, 4.69) is 35.8 Å². The Balaban J connectivity index is 1.85. The number of rotatable bonds is 5. The third kappa shape index (κ3) is 3.47. The highest BCUT2D eigenvalue weighted by Crippen LogP contribution is 2.62. The van der Waals surface area contributed by atoms with E-state index in [0.29, 0.717) is 25.7 Å². The number of halogens is 3. The molecule has 7 heteroatoms. The molecule has 1 aliphatic heterocycles. The van der Waals surface area contributed by atoms with E-state index >= 15 is 0 Å². The molecule has 2 aliphatic carbocycles. The molecule has 1 amide bonds. The minimum absolute atomic E-state index is 0.00591. The first-order valence-electron chi connectivity index (χ1n) is 11.3. The van der Waals surface area contributed by atoms with Crippen molar-refractivity contribution in [1.82, 2.24) is 4.90 Å². The van der Waals surface area contributed by atoms with Crippen molar-refractivity contribution >= 4 is 27.7 Å². The van der Waals surface area contributed by atoms with Crippen molar-refractivity contribution in [3.8, 4) is 0 Å². The van der Waals surface area contributed by atoms with Crippen LogP contribution in [0.25, 0.3) is 0 Å². The van der Waals surface area contributed by atoms with Crippen LogP contribution in [0.1, 0.15) is 70.9 Å². The maximum absolute atomic E-state index is 14.3. The highest BCUT2D eigenvalue weighted by atomic mass is 79.9. The minimum Gasteiger partial charge on any atom is -0.320 e. The van der Waals surface area contributed by atoms with Crippen LogP contribution in [0.4, 0.5) is 8.78 Å². The number of amidine groups is 1. The van der Waals surface area contributed by atoms with Crippen LogP contribution in [0, 0.1) is 11.3 Å². The van der Waals surface area contributed by atoms with Gasteiger partial charge in [-0.05, 0) is 75.6 Å². The zero-order valence-corrected chi connectivity index (χ0v) is 20.2. The number of benzene rings is 1. The summed E-state index contributed by atoms with van der Waals surface area (Å²) in [6.45, 7) is 5.54. The Hall–Kier alpha value is -1.34. The lowest BCUT2D eigenvalue weighted by molar-refractivity contribution is -0.179. The van der Waals surface area contributed by atoms with Gasteiger partial charge in [0, 0.05) is 21.8 Å². The van der Waals surface area contributed by atoms with Gasteiger partial charge in [0.1, 0.15) is 5.84 Å². The largest absolute Gasteiger partial charge is 0.345 e. The number of ether oxygens (including phenoxy) is 1. The number of carbonyl (C=O) groups excluding carboxylic acids is 1. The number of hydrogen-bond acceptors (Lipinski definition) is 3. The Morgan fingerprint density at radius 3 is 2.52 bits per heavy atom. The fraction of sp³-hybridized carbons (Fsp3) is 0.667. The van der Waals surface area contributed by atoms with E-state index in [1.54, 1.807) is 0 Å². The fourth-order valence-electron chi connectivity index (χ4n) is 5.88. The van der Waals surface area contributed by atoms with Crippen LogP contribution in [0.2, 0.25) is 0 Å². The number of aliphatic imine (C=N–C) groups is 1. The summed E-state index contributed by atoms with van der Waals surface area (Å²) in [6, 6.07) is 6.15. The quantitative estimate of drug-likeness (QED) is 0.496. The summed E-state index contributed by atoms with van der Waals surface area (Å²) in [5.41, 5.74) is 0.731. The smallest absolute Gasteiger partial charge is 0.320 e. The lowest BCUT2D eigenvalue weighted by atomic mass is 9.61. The van der Waals surface area contributed by atoms with Gasteiger partial charge in [0.2, 0.25) is 0 Å². The highest BCUT2D eigenvalue weighted by Gasteiger charge is 2.67. The molecule has 4 rings (SSSR count). The van der Waals surface area contributed by atoms with E-state index in [1.165, 1.54) is 0 Å². The summed E-state index contributed by atoms with van der Waals surface area (Å²) >= 11 is 3.59. The monoisotopic (exact) mass is 496 g/mol. The van der Waals surface area contributed by atoms with Crippen LogP contribution in [0.15, 0.2) is 27.7 Å². The molecule has 2 spiro atoms. The maximum Gasteiger partial charge on any atom is 0.345 e. The second-order valence-corrected chi connectivity index (χ2v) is 10.5. The summed E-state index contributed by atoms with van der Waals surface area (Å²) < 4.78 is 31.4. The molecule has 1 heterocycles. The molecular formula is C24H31BrF2N2O2. The molecule has 4 nitrogen and oxygen atoms in total. The first-order chi connectivity index (χ1) is 14.6. The maximum atomic E-state index is 14.3. The molecule has 1 saturated carbocycles. The third-order valence-electron chi connectivity index (χ3n) is 7.57. The number of fused-ring (bicyclic) bond motifs is 3. The zero-order valence-electron chi connectivity index (χ0n) is 18.6. The number of amides is 1. The average Bonchev–Trinajstić information content (AvgIpc) is 3.17. The summed E-state index contributed by atoms with van der Waals surface area (Å²) in [4.78, 5) is 21.5. The molecule has 2 atom stereocenters. The molecule has 0 aromatic heterocycles. The number of nitrogens with zero attached hydrogens (tertiary/aromatic N) is 2. The lowest BCUT2D eigenvalue weighted by Gasteiger charge is -2.45. The molecule has 1 fully saturated rings. The number of carbonyl (C=O) groups is 1. The van der Waals surface area contributed by atoms with Crippen molar-refractivity contribution in [1.29, 1.82) is 0 Å². The molecule has 1 aromatic rings. The topological polar surface area (TPSA) is 41.9 Å². The summed E-state index contributed by atoms with van der Waals surface area (Å²) in [7, 11) is 0. The van der Waals surface area contributed by atoms with Crippen LogP contribution in [0.3, 0.4) is 0 Å². The third-order valence-corrected chi connectivity index (χ3v) is 8.06. The van der Waals surface area contributed by atoms with E-state index in [1.807, 2.05) is 30.9 Å². The predicted molar refractivity (Wildman–Crippen MR) is 120 cm³/mol. The molecule has 0 N–H and O–H groups in total. The van der Waals surface area contributed by atoms with Gasteiger partial charge in [-0.15, -0.1) is 0 Å². The molecule has 0 bridgehead atoms. The summed E-state index contributed by atoms with van der Waals surface area (Å²) in [6.07, 6.45) is 3.50. The Labute approximate surface area is 191 Å². The van der Waals surface area contributed by atoms with Crippen molar-refractivity contribution < 1.29 is 18.3 Å². The van der Waals surface area contributed by atoms with Gasteiger partial charge >= 0.3 is 6.61 Å². The second-order valence-electron chi connectivity index (χ2n) is 9.61. The fourth-order valence-corrected chi connectivity index (χ4v) is 6.24. The Kier molecular flexibility index (Phi) is 6.05. The SMILES string of the molecule is CCC(C)C1=NC2(C(=O)N1C(C)C)c1cc(Br)ccc1CC21CCC(OC(F)F)CC1. The standard InChI is InChI=1S/C24H31BrF2N2O2/c1-5-15(4)20-28-24(21(30)29(20)14(2)3)19-12-17(25)7-6-16(19)13-23(24)10-8-18(9-11-23)31-22(26)27/h6-7,12,14-15,18,22H,5,8-11,13H2,1-4H3. The Morgan fingerprint density at radius 1 is 1.26 bits per heavy atom. The summed E-state index contributed by atoms with van der Waals surface area (Å²) in [5.74, 6) is 1.07. The first kappa shape index (κ1) is 22.8. The van der Waals surface area contributed by atoms with E-state index in [4.69, 9.17) is 9.73 Å². The lowest BCUT2D eigenvalue weighted by Crippen LogP contribution is -2.53. The number of alkyl halides is 2. The van der Waals surface area contributed by atoms with Crippen molar-refractivity contribution in [2.75, 3.05) is 0 Å². The van der Waals surface area contributed by atoms with Crippen LogP contribution in [0.5, 0.6) is 0 Å². The van der Waals surface area contributed by atoms with Crippen molar-refractivity contribution in [3.63, 3.8) is 0 Å². The van der Waals surface area contributed by atoms with Crippen LogP contribution >= 0.6 is 15.9 Å². The van der Waals surface area contributed by atoms with Gasteiger partial charge in [-0.25, -0.2) is 4.99 Å². The Bertz CT molecular complexity index is 896. The molecule has 1 aromatic carbocycles. The van der Waals surface area contributed by atoms with Gasteiger partial charge in [0.05, 0.1) is 6.10 Å². The predicted octanol–water partition coefficient (Wildman–Crippen LogP) is 6.06. The normalized spacial score (nSPS) is 31.3. The molecule has 31 heavy (non-hydrogen) atoms. The van der Waals surface area contributed by atoms with Crippen molar-refractivity contribution in [2.24, 2.45) is 16.3 Å². The van der Waals surface area contributed by atoms with E-state index in [9.17, 15) is 13.6 Å². The van der Waals surface area contributed by atoms with Gasteiger partial charge in [-0.3, -0.25) is 9.69 Å². The molecule has 170 valence electrons. The average molecular weight is 497 g/mol. The van der Waals surface area contributed by atoms with Gasteiger partial charge < -0.3 is 4.74 Å². The van der Waals surface area contributed by atoms with Gasteiger partial charge in [-0.2, -0.15) is 8.78 Å².